The van der Waals surface area contributed by atoms with Gasteiger partial charge in [0.05, 0.1) is 27.8 Å². The van der Waals surface area contributed by atoms with Crippen molar-refractivity contribution in [2.75, 3.05) is 0 Å². The first-order valence-corrected chi connectivity index (χ1v) is 22.3. The second-order valence-electron chi connectivity index (χ2n) is 16.4. The molecule has 0 radical (unpaired) electrons. The maximum absolute atomic E-state index is 6.90. The van der Waals surface area contributed by atoms with E-state index in [0.29, 0.717) is 17.6 Å². The normalized spacial score (nSPS) is 12.1. The summed E-state index contributed by atoms with van der Waals surface area (Å²) in [5.41, 5.74) is 10.8. The highest BCUT2D eigenvalue weighted by molar-refractivity contribution is 7.25. The van der Waals surface area contributed by atoms with Gasteiger partial charge in [-0.05, 0) is 65.7 Å². The number of fused-ring (bicyclic) bond motifs is 13. The molecule has 0 bridgehead atoms. The zero-order valence-electron chi connectivity index (χ0n) is 34.1. The van der Waals surface area contributed by atoms with E-state index in [-0.39, 0.29) is 0 Å². The van der Waals surface area contributed by atoms with Gasteiger partial charge in [-0.2, -0.15) is 9.97 Å². The highest BCUT2D eigenvalue weighted by atomic mass is 32.1. The van der Waals surface area contributed by atoms with Crippen LogP contribution in [-0.2, 0) is 0 Å². The van der Waals surface area contributed by atoms with Gasteiger partial charge in [-0.15, -0.1) is 11.3 Å². The lowest BCUT2D eigenvalue weighted by atomic mass is 10.0. The molecule has 0 aliphatic carbocycles. The van der Waals surface area contributed by atoms with Crippen LogP contribution in [0.25, 0.3) is 131 Å². The molecule has 298 valence electrons. The monoisotopic (exact) mass is 835 g/mol. The summed E-state index contributed by atoms with van der Waals surface area (Å²) in [5.74, 6) is 1.76. The van der Waals surface area contributed by atoms with Gasteiger partial charge in [0.1, 0.15) is 5.58 Å². The van der Waals surface area contributed by atoms with E-state index < -0.39 is 0 Å². The molecule has 0 saturated heterocycles. The zero-order valence-corrected chi connectivity index (χ0v) is 34.9. The van der Waals surface area contributed by atoms with Crippen molar-refractivity contribution >= 4 is 97.1 Å². The van der Waals surface area contributed by atoms with Crippen LogP contribution in [-0.4, -0.2) is 24.1 Å². The first kappa shape index (κ1) is 35.2. The van der Waals surface area contributed by atoms with Crippen molar-refractivity contribution < 1.29 is 4.42 Å². The molecule has 5 aromatic heterocycles. The molecule has 0 aliphatic rings. The Hall–Kier alpha value is -8.39. The van der Waals surface area contributed by atoms with Crippen LogP contribution in [0.3, 0.4) is 0 Å². The van der Waals surface area contributed by atoms with Crippen LogP contribution < -0.4 is 0 Å². The minimum atomic E-state index is 0.543. The van der Waals surface area contributed by atoms with Crippen LogP contribution in [0.4, 0.5) is 0 Å². The number of hydrogen-bond donors (Lipinski definition) is 0. The van der Waals surface area contributed by atoms with Crippen LogP contribution in [0.5, 0.6) is 0 Å². The van der Waals surface area contributed by atoms with E-state index in [1.165, 1.54) is 20.2 Å². The van der Waals surface area contributed by atoms with Crippen molar-refractivity contribution in [3.05, 3.63) is 200 Å². The number of furan rings is 1. The van der Waals surface area contributed by atoms with E-state index >= 15 is 0 Å². The average Bonchev–Trinajstić information content (AvgIpc) is 4.12. The van der Waals surface area contributed by atoms with Gasteiger partial charge in [0, 0.05) is 63.6 Å². The lowest BCUT2D eigenvalue weighted by Crippen LogP contribution is -2.07. The highest BCUT2D eigenvalue weighted by Gasteiger charge is 2.26. The number of aromatic nitrogens is 5. The van der Waals surface area contributed by atoms with Crippen molar-refractivity contribution in [1.82, 2.24) is 24.1 Å². The lowest BCUT2D eigenvalue weighted by Gasteiger charge is -2.14. The fourth-order valence-electron chi connectivity index (χ4n) is 9.91. The first-order chi connectivity index (χ1) is 31.7. The van der Waals surface area contributed by atoms with Crippen molar-refractivity contribution in [3.63, 3.8) is 0 Å². The molecule has 14 aromatic rings. The van der Waals surface area contributed by atoms with E-state index in [2.05, 4.69) is 185 Å². The van der Waals surface area contributed by atoms with Gasteiger partial charge < -0.3 is 8.98 Å². The Kier molecular flexibility index (Phi) is 7.46. The summed E-state index contributed by atoms with van der Waals surface area (Å²) in [6.07, 6.45) is 0. The van der Waals surface area contributed by atoms with E-state index in [9.17, 15) is 0 Å². The molecular weight excluding hydrogens is 803 g/mol. The summed E-state index contributed by atoms with van der Waals surface area (Å²) in [6.45, 7) is 0. The van der Waals surface area contributed by atoms with Gasteiger partial charge in [-0.25, -0.2) is 4.98 Å². The van der Waals surface area contributed by atoms with Crippen molar-refractivity contribution in [3.8, 4) is 45.5 Å². The summed E-state index contributed by atoms with van der Waals surface area (Å²) < 4.78 is 14.1. The molecule has 6 nitrogen and oxygen atoms in total. The van der Waals surface area contributed by atoms with Crippen LogP contribution in [0.1, 0.15) is 0 Å². The maximum Gasteiger partial charge on any atom is 0.238 e. The topological polar surface area (TPSA) is 61.7 Å². The fraction of sp³-hybridized carbons (Fsp3) is 0. The van der Waals surface area contributed by atoms with E-state index in [0.717, 1.165) is 93.5 Å². The Morgan fingerprint density at radius 2 is 0.922 bits per heavy atom. The van der Waals surface area contributed by atoms with Crippen LogP contribution in [0.15, 0.2) is 205 Å². The average molecular weight is 836 g/mol. The van der Waals surface area contributed by atoms with E-state index in [1.807, 2.05) is 24.3 Å². The number of hydrogen-bond acceptors (Lipinski definition) is 5. The number of para-hydroxylation sites is 3. The molecule has 0 aliphatic heterocycles. The number of thiophene rings is 1. The molecule has 7 heteroatoms. The van der Waals surface area contributed by atoms with Gasteiger partial charge in [-0.1, -0.05) is 146 Å². The molecule has 0 atom stereocenters. The maximum atomic E-state index is 6.90. The van der Waals surface area contributed by atoms with Crippen molar-refractivity contribution in [1.29, 1.82) is 0 Å². The third kappa shape index (κ3) is 5.16. The summed E-state index contributed by atoms with van der Waals surface area (Å²) in [7, 11) is 0. The number of benzene rings is 9. The Bertz CT molecular complexity index is 4200. The number of nitrogens with zero attached hydrogens (tertiary/aromatic N) is 5. The molecule has 0 fully saturated rings. The van der Waals surface area contributed by atoms with Crippen LogP contribution >= 0.6 is 11.3 Å². The zero-order chi connectivity index (χ0) is 41.9. The summed E-state index contributed by atoms with van der Waals surface area (Å²) in [6, 6.07) is 70.8. The third-order valence-corrected chi connectivity index (χ3v) is 13.9. The second-order valence-corrected chi connectivity index (χ2v) is 17.4. The smallest absolute Gasteiger partial charge is 0.238 e. The largest absolute Gasteiger partial charge is 0.454 e. The Morgan fingerprint density at radius 3 is 1.67 bits per heavy atom. The third-order valence-electron chi connectivity index (χ3n) is 12.8. The van der Waals surface area contributed by atoms with Gasteiger partial charge in [0.15, 0.2) is 17.2 Å². The SMILES string of the molecule is c1ccc(-c2cc(-n3c4ccccc4c4ccc5c6ccccc6n(-c6nc(-c7ccccc7)nc(-c7ccc8sc9ccccc9c8c7)n6)c5c43)c3oc4ccccc4c3c2)cc1. The molecular formula is C57H33N5OS. The van der Waals surface area contributed by atoms with Gasteiger partial charge in [-0.3, -0.25) is 4.57 Å². The second kappa shape index (κ2) is 13.6. The summed E-state index contributed by atoms with van der Waals surface area (Å²) in [4.78, 5) is 16.1. The predicted octanol–water partition coefficient (Wildman–Crippen LogP) is 15.3. The lowest BCUT2D eigenvalue weighted by molar-refractivity contribution is 0.666. The molecule has 64 heavy (non-hydrogen) atoms. The molecule has 9 aromatic carbocycles. The standard InChI is InChI=1S/C57H33N5OS/c1-3-15-34(16-4-1)37-32-45-40-21-9-13-25-49(40)63-54(45)48(33-37)61-46-23-11-7-19-38(46)42-28-29-43-39-20-8-12-24-47(39)62(53(43)52(42)61)57-59-55(35-17-5-2-6-18-35)58-56(60-57)36-27-30-51-44(31-36)41-22-10-14-26-50(41)64-51/h1-33H. The summed E-state index contributed by atoms with van der Waals surface area (Å²) in [5, 5.41) is 9.04. The van der Waals surface area contributed by atoms with E-state index in [1.54, 1.807) is 11.3 Å². The molecule has 0 amide bonds. The minimum absolute atomic E-state index is 0.543. The van der Waals surface area contributed by atoms with Crippen molar-refractivity contribution in [2.24, 2.45) is 0 Å². The molecule has 0 saturated carbocycles. The predicted molar refractivity (Wildman–Crippen MR) is 265 cm³/mol. The summed E-state index contributed by atoms with van der Waals surface area (Å²) >= 11 is 1.81. The van der Waals surface area contributed by atoms with Crippen molar-refractivity contribution in [2.45, 2.75) is 0 Å². The Labute approximate surface area is 369 Å². The van der Waals surface area contributed by atoms with Gasteiger partial charge >= 0.3 is 0 Å². The number of rotatable bonds is 5. The fourth-order valence-corrected chi connectivity index (χ4v) is 11.0. The van der Waals surface area contributed by atoms with E-state index in [4.69, 9.17) is 19.4 Å². The molecule has 0 unspecified atom stereocenters. The van der Waals surface area contributed by atoms with Gasteiger partial charge in [0.25, 0.3) is 0 Å². The molecule has 14 rings (SSSR count). The molecule has 0 spiro atoms. The Morgan fingerprint density at radius 1 is 0.359 bits per heavy atom. The van der Waals surface area contributed by atoms with Crippen LogP contribution in [0, 0.1) is 0 Å². The molecule has 5 heterocycles. The highest BCUT2D eigenvalue weighted by Crippen LogP contribution is 2.45. The van der Waals surface area contributed by atoms with Crippen LogP contribution in [0.2, 0.25) is 0 Å². The Balaban J connectivity index is 1.13. The quantitative estimate of drug-likeness (QED) is 0.173. The minimum Gasteiger partial charge on any atom is -0.454 e. The van der Waals surface area contributed by atoms with Gasteiger partial charge in [0.2, 0.25) is 5.95 Å². The molecule has 0 N–H and O–H groups in total. The first-order valence-electron chi connectivity index (χ1n) is 21.4.